The Labute approximate surface area is 150 Å². The molecular formula is C20H42N2O2. The van der Waals surface area contributed by atoms with Gasteiger partial charge in [0, 0.05) is 39.3 Å². The fraction of sp³-hybridized carbons (Fsp3) is 1.00. The van der Waals surface area contributed by atoms with E-state index >= 15 is 0 Å². The molecule has 2 aliphatic heterocycles. The molecule has 0 bridgehead atoms. The lowest BCUT2D eigenvalue weighted by Gasteiger charge is -2.38. The highest BCUT2D eigenvalue weighted by atomic mass is 16.5. The number of hydrogen-bond donors (Lipinski definition) is 0. The molecule has 2 unspecified atom stereocenters. The normalized spacial score (nSPS) is 27.5. The zero-order valence-corrected chi connectivity index (χ0v) is 17.5. The van der Waals surface area contributed by atoms with Crippen LogP contribution in [0.15, 0.2) is 0 Å². The Morgan fingerprint density at radius 1 is 0.750 bits per heavy atom. The van der Waals surface area contributed by atoms with Crippen molar-refractivity contribution >= 4 is 0 Å². The molecule has 2 heterocycles. The average Bonchev–Trinajstić information content (AvgIpc) is 2.35. The van der Waals surface area contributed by atoms with Gasteiger partial charge in [0.25, 0.3) is 0 Å². The molecule has 0 amide bonds. The molecule has 144 valence electrons. The van der Waals surface area contributed by atoms with Crippen molar-refractivity contribution in [2.45, 2.75) is 67.6 Å². The van der Waals surface area contributed by atoms with Gasteiger partial charge in [0.05, 0.1) is 25.4 Å². The van der Waals surface area contributed by atoms with Gasteiger partial charge in [0.1, 0.15) is 0 Å². The molecule has 0 aromatic rings. The first-order valence-corrected chi connectivity index (χ1v) is 9.62. The summed E-state index contributed by atoms with van der Waals surface area (Å²) in [5.74, 6) is 0. The maximum Gasteiger partial charge on any atom is 0.0678 e. The summed E-state index contributed by atoms with van der Waals surface area (Å²) in [6.07, 6.45) is 0.789. The molecular weight excluding hydrogens is 300 g/mol. The maximum atomic E-state index is 5.69. The molecule has 2 aliphatic rings. The molecule has 4 nitrogen and oxygen atoms in total. The van der Waals surface area contributed by atoms with Crippen molar-refractivity contribution in [3.63, 3.8) is 0 Å². The molecule has 0 aromatic heterocycles. The Balaban J connectivity index is 0.000000243. The topological polar surface area (TPSA) is 24.9 Å². The quantitative estimate of drug-likeness (QED) is 0.767. The van der Waals surface area contributed by atoms with Gasteiger partial charge in [0.15, 0.2) is 0 Å². The maximum absolute atomic E-state index is 5.69. The van der Waals surface area contributed by atoms with Crippen LogP contribution in [0.4, 0.5) is 0 Å². The lowest BCUT2D eigenvalue weighted by atomic mass is 9.95. The first kappa shape index (κ1) is 21.9. The minimum absolute atomic E-state index is 0.395. The van der Waals surface area contributed by atoms with Crippen molar-refractivity contribution in [2.24, 2.45) is 10.8 Å². The van der Waals surface area contributed by atoms with E-state index in [0.29, 0.717) is 23.0 Å². The van der Waals surface area contributed by atoms with Crippen LogP contribution in [0.25, 0.3) is 0 Å². The Bertz CT molecular complexity index is 331. The van der Waals surface area contributed by atoms with E-state index in [1.165, 1.54) is 13.1 Å². The summed E-state index contributed by atoms with van der Waals surface area (Å²) in [7, 11) is 0. The van der Waals surface area contributed by atoms with Crippen molar-refractivity contribution in [1.29, 1.82) is 0 Å². The lowest BCUT2D eigenvalue weighted by molar-refractivity contribution is -0.0746. The second-order valence-electron chi connectivity index (χ2n) is 9.96. The first-order chi connectivity index (χ1) is 10.9. The summed E-state index contributed by atoms with van der Waals surface area (Å²) in [6.45, 7) is 26.6. The van der Waals surface area contributed by atoms with Crippen molar-refractivity contribution < 1.29 is 9.47 Å². The van der Waals surface area contributed by atoms with E-state index in [1.54, 1.807) is 0 Å². The summed E-state index contributed by atoms with van der Waals surface area (Å²) >= 11 is 0. The fourth-order valence-electron chi connectivity index (χ4n) is 3.51. The zero-order valence-electron chi connectivity index (χ0n) is 17.5. The number of rotatable bonds is 2. The molecule has 2 rings (SSSR count). The molecule has 24 heavy (non-hydrogen) atoms. The van der Waals surface area contributed by atoms with Crippen molar-refractivity contribution in [3.05, 3.63) is 0 Å². The van der Waals surface area contributed by atoms with E-state index in [2.05, 4.69) is 65.2 Å². The SMILES string of the molecule is CC(C)(C)CN1CCOCC1.CC1CN(CC(C)(C)C)CC(C)O1. The van der Waals surface area contributed by atoms with Gasteiger partial charge in [-0.05, 0) is 24.7 Å². The van der Waals surface area contributed by atoms with E-state index in [-0.39, 0.29) is 0 Å². The van der Waals surface area contributed by atoms with Crippen LogP contribution < -0.4 is 0 Å². The summed E-state index contributed by atoms with van der Waals surface area (Å²) in [5.41, 5.74) is 0.828. The highest BCUT2D eigenvalue weighted by Gasteiger charge is 2.25. The zero-order chi connectivity index (χ0) is 18.4. The van der Waals surface area contributed by atoms with Gasteiger partial charge < -0.3 is 9.47 Å². The largest absolute Gasteiger partial charge is 0.379 e. The standard InChI is InChI=1S/C11H23NO.C9H19NO/c1-9-6-12(7-10(2)13-9)8-11(3,4)5;1-9(2,3)8-10-4-6-11-7-5-10/h9-10H,6-8H2,1-5H3;4-8H2,1-3H3. The molecule has 0 aromatic carbocycles. The van der Waals surface area contributed by atoms with Crippen LogP contribution >= 0.6 is 0 Å². The smallest absolute Gasteiger partial charge is 0.0678 e. The molecule has 2 fully saturated rings. The van der Waals surface area contributed by atoms with Gasteiger partial charge in [-0.15, -0.1) is 0 Å². The van der Waals surface area contributed by atoms with Crippen LogP contribution in [0.2, 0.25) is 0 Å². The van der Waals surface area contributed by atoms with Crippen molar-refractivity contribution in [3.8, 4) is 0 Å². The minimum atomic E-state index is 0.395. The number of nitrogens with zero attached hydrogens (tertiary/aromatic N) is 2. The third-order valence-corrected chi connectivity index (χ3v) is 3.99. The van der Waals surface area contributed by atoms with Crippen LogP contribution in [0.1, 0.15) is 55.4 Å². The van der Waals surface area contributed by atoms with Crippen LogP contribution in [0, 0.1) is 10.8 Å². The first-order valence-electron chi connectivity index (χ1n) is 9.62. The van der Waals surface area contributed by atoms with Gasteiger partial charge in [-0.2, -0.15) is 0 Å². The van der Waals surface area contributed by atoms with Crippen LogP contribution in [-0.2, 0) is 9.47 Å². The van der Waals surface area contributed by atoms with E-state index in [4.69, 9.17) is 9.47 Å². The summed E-state index contributed by atoms with van der Waals surface area (Å²) in [5, 5.41) is 0. The average molecular weight is 343 g/mol. The fourth-order valence-corrected chi connectivity index (χ4v) is 3.51. The van der Waals surface area contributed by atoms with Crippen molar-refractivity contribution in [2.75, 3.05) is 52.5 Å². The molecule has 2 atom stereocenters. The van der Waals surface area contributed by atoms with Crippen LogP contribution in [0.3, 0.4) is 0 Å². The predicted molar refractivity (Wildman–Crippen MR) is 103 cm³/mol. The Kier molecular flexibility index (Phi) is 8.67. The second-order valence-corrected chi connectivity index (χ2v) is 9.96. The number of hydrogen-bond acceptors (Lipinski definition) is 4. The molecule has 0 spiro atoms. The van der Waals surface area contributed by atoms with Crippen molar-refractivity contribution in [1.82, 2.24) is 9.80 Å². The predicted octanol–water partition coefficient (Wildman–Crippen LogP) is 3.51. The minimum Gasteiger partial charge on any atom is -0.379 e. The summed E-state index contributed by atoms with van der Waals surface area (Å²) in [6, 6.07) is 0. The number of morpholine rings is 2. The third-order valence-electron chi connectivity index (χ3n) is 3.99. The third kappa shape index (κ3) is 10.7. The van der Waals surface area contributed by atoms with Crippen LogP contribution in [0.5, 0.6) is 0 Å². The van der Waals surface area contributed by atoms with Gasteiger partial charge in [-0.3, -0.25) is 9.80 Å². The van der Waals surface area contributed by atoms with E-state index in [1.807, 2.05) is 0 Å². The second kappa shape index (κ2) is 9.51. The number of ether oxygens (including phenoxy) is 2. The van der Waals surface area contributed by atoms with Gasteiger partial charge in [-0.25, -0.2) is 0 Å². The monoisotopic (exact) mass is 342 g/mol. The molecule has 0 N–H and O–H groups in total. The lowest BCUT2D eigenvalue weighted by Crippen LogP contribution is -2.48. The summed E-state index contributed by atoms with van der Waals surface area (Å²) in [4.78, 5) is 4.99. The van der Waals surface area contributed by atoms with E-state index in [9.17, 15) is 0 Å². The van der Waals surface area contributed by atoms with E-state index < -0.39 is 0 Å². The Morgan fingerprint density at radius 3 is 1.58 bits per heavy atom. The van der Waals surface area contributed by atoms with Crippen LogP contribution in [-0.4, -0.2) is 74.5 Å². The Hall–Kier alpha value is -0.160. The van der Waals surface area contributed by atoms with Gasteiger partial charge in [0.2, 0.25) is 0 Å². The molecule has 2 saturated heterocycles. The highest BCUT2D eigenvalue weighted by Crippen LogP contribution is 2.19. The highest BCUT2D eigenvalue weighted by molar-refractivity contribution is 4.77. The molecule has 0 aliphatic carbocycles. The molecule has 4 heteroatoms. The van der Waals surface area contributed by atoms with E-state index in [0.717, 1.165) is 39.4 Å². The van der Waals surface area contributed by atoms with Gasteiger partial charge >= 0.3 is 0 Å². The summed E-state index contributed by atoms with van der Waals surface area (Å²) < 4.78 is 11.0. The molecule has 0 radical (unpaired) electrons. The van der Waals surface area contributed by atoms with Gasteiger partial charge in [-0.1, -0.05) is 41.5 Å². The Morgan fingerprint density at radius 2 is 1.17 bits per heavy atom. The molecule has 0 saturated carbocycles.